The predicted octanol–water partition coefficient (Wildman–Crippen LogP) is 2.94. The molecular formula is C20H26N4O3. The standard InChI is InChI=1S/C20H26N4O3/c1-3-20(2,19(26)23-15-7-4-5-8-15)24(14-16-9-6-12-27-16)18(25)17-13-21-10-11-22-17/h6,9-13,15H,3-5,7-8,14H2,1-2H3,(H,23,26). The van der Waals surface area contributed by atoms with Gasteiger partial charge in [0.15, 0.2) is 0 Å². The van der Waals surface area contributed by atoms with Crippen molar-refractivity contribution >= 4 is 11.8 Å². The maximum Gasteiger partial charge on any atom is 0.275 e. The van der Waals surface area contributed by atoms with Gasteiger partial charge in [0.2, 0.25) is 5.91 Å². The van der Waals surface area contributed by atoms with Crippen LogP contribution in [0, 0.1) is 0 Å². The quantitative estimate of drug-likeness (QED) is 0.809. The number of amides is 2. The van der Waals surface area contributed by atoms with Crippen LogP contribution in [-0.4, -0.2) is 38.3 Å². The normalized spacial score (nSPS) is 16.7. The number of nitrogens with zero attached hydrogens (tertiary/aromatic N) is 3. The van der Waals surface area contributed by atoms with Gasteiger partial charge in [0.1, 0.15) is 17.0 Å². The number of aromatic nitrogens is 2. The largest absolute Gasteiger partial charge is 0.467 e. The first-order valence-corrected chi connectivity index (χ1v) is 9.46. The summed E-state index contributed by atoms with van der Waals surface area (Å²) in [4.78, 5) is 36.1. The van der Waals surface area contributed by atoms with Gasteiger partial charge in [-0.15, -0.1) is 0 Å². The predicted molar refractivity (Wildman–Crippen MR) is 99.7 cm³/mol. The minimum Gasteiger partial charge on any atom is -0.467 e. The van der Waals surface area contributed by atoms with Crippen molar-refractivity contribution in [1.29, 1.82) is 0 Å². The minimum atomic E-state index is -1.02. The zero-order chi connectivity index (χ0) is 19.3. The molecule has 27 heavy (non-hydrogen) atoms. The number of carbonyl (C=O) groups is 2. The molecular weight excluding hydrogens is 344 g/mol. The molecule has 1 fully saturated rings. The molecule has 2 heterocycles. The summed E-state index contributed by atoms with van der Waals surface area (Å²) in [6.45, 7) is 3.90. The Balaban J connectivity index is 1.90. The van der Waals surface area contributed by atoms with Crippen molar-refractivity contribution in [3.63, 3.8) is 0 Å². The van der Waals surface area contributed by atoms with Gasteiger partial charge in [-0.1, -0.05) is 19.8 Å². The molecule has 1 unspecified atom stereocenters. The van der Waals surface area contributed by atoms with Gasteiger partial charge < -0.3 is 14.6 Å². The Morgan fingerprint density at radius 3 is 2.70 bits per heavy atom. The van der Waals surface area contributed by atoms with Crippen molar-refractivity contribution < 1.29 is 14.0 Å². The van der Waals surface area contributed by atoms with Crippen LogP contribution in [0.1, 0.15) is 62.2 Å². The first-order chi connectivity index (χ1) is 13.0. The average molecular weight is 370 g/mol. The smallest absolute Gasteiger partial charge is 0.275 e. The lowest BCUT2D eigenvalue weighted by molar-refractivity contribution is -0.132. The summed E-state index contributed by atoms with van der Waals surface area (Å²) in [6.07, 6.45) is 10.7. The van der Waals surface area contributed by atoms with E-state index in [1.54, 1.807) is 30.2 Å². The highest BCUT2D eigenvalue weighted by atomic mass is 16.3. The van der Waals surface area contributed by atoms with Gasteiger partial charge in [-0.05, 0) is 38.3 Å². The molecule has 0 bridgehead atoms. The molecule has 1 atom stereocenters. The number of nitrogens with one attached hydrogen (secondary N) is 1. The van der Waals surface area contributed by atoms with Crippen LogP contribution in [-0.2, 0) is 11.3 Å². The van der Waals surface area contributed by atoms with E-state index in [1.165, 1.54) is 18.6 Å². The van der Waals surface area contributed by atoms with Crippen molar-refractivity contribution in [2.24, 2.45) is 0 Å². The van der Waals surface area contributed by atoms with Crippen LogP contribution in [0.5, 0.6) is 0 Å². The maximum atomic E-state index is 13.2. The zero-order valence-corrected chi connectivity index (χ0v) is 15.9. The summed E-state index contributed by atoms with van der Waals surface area (Å²) in [7, 11) is 0. The summed E-state index contributed by atoms with van der Waals surface area (Å²) in [5.41, 5.74) is -0.818. The van der Waals surface area contributed by atoms with Crippen LogP contribution in [0.4, 0.5) is 0 Å². The van der Waals surface area contributed by atoms with E-state index in [2.05, 4.69) is 15.3 Å². The van der Waals surface area contributed by atoms with Crippen LogP contribution in [0.2, 0.25) is 0 Å². The Morgan fingerprint density at radius 2 is 2.11 bits per heavy atom. The second-order valence-electron chi connectivity index (χ2n) is 7.14. The monoisotopic (exact) mass is 370 g/mol. The van der Waals surface area contributed by atoms with Gasteiger partial charge in [-0.3, -0.25) is 14.6 Å². The van der Waals surface area contributed by atoms with Crippen LogP contribution in [0.3, 0.4) is 0 Å². The molecule has 7 nitrogen and oxygen atoms in total. The summed E-state index contributed by atoms with van der Waals surface area (Å²) < 4.78 is 5.44. The molecule has 0 saturated heterocycles. The molecule has 3 rings (SSSR count). The van der Waals surface area contributed by atoms with Gasteiger partial charge in [-0.2, -0.15) is 0 Å². The third-order valence-corrected chi connectivity index (χ3v) is 5.39. The highest BCUT2D eigenvalue weighted by Crippen LogP contribution is 2.26. The molecule has 7 heteroatoms. The van der Waals surface area contributed by atoms with Gasteiger partial charge >= 0.3 is 0 Å². The number of hydrogen-bond acceptors (Lipinski definition) is 5. The van der Waals surface area contributed by atoms with Crippen molar-refractivity contribution in [2.75, 3.05) is 0 Å². The second-order valence-corrected chi connectivity index (χ2v) is 7.14. The molecule has 0 radical (unpaired) electrons. The maximum absolute atomic E-state index is 13.2. The SMILES string of the molecule is CCC(C)(C(=O)NC1CCCC1)N(Cc1ccco1)C(=O)c1cnccn1. The van der Waals surface area contributed by atoms with E-state index in [1.807, 2.05) is 6.92 Å². The third kappa shape index (κ3) is 4.18. The van der Waals surface area contributed by atoms with E-state index in [0.717, 1.165) is 25.7 Å². The van der Waals surface area contributed by atoms with Crippen molar-refractivity contribution in [3.05, 3.63) is 48.4 Å². The van der Waals surface area contributed by atoms with Gasteiger partial charge in [0, 0.05) is 18.4 Å². The third-order valence-electron chi connectivity index (χ3n) is 5.39. The van der Waals surface area contributed by atoms with Gasteiger partial charge in [0.25, 0.3) is 5.91 Å². The molecule has 2 aromatic rings. The Labute approximate surface area is 159 Å². The Bertz CT molecular complexity index is 757. The van der Waals surface area contributed by atoms with Crippen LogP contribution >= 0.6 is 0 Å². The Morgan fingerprint density at radius 1 is 1.33 bits per heavy atom. The molecule has 2 amide bonds. The van der Waals surface area contributed by atoms with E-state index in [0.29, 0.717) is 12.2 Å². The van der Waals surface area contributed by atoms with Crippen LogP contribution < -0.4 is 5.32 Å². The van der Waals surface area contributed by atoms with Crippen molar-refractivity contribution in [1.82, 2.24) is 20.2 Å². The molecule has 0 spiro atoms. The molecule has 0 aliphatic heterocycles. The summed E-state index contributed by atoms with van der Waals surface area (Å²) in [5.74, 6) is 0.131. The van der Waals surface area contributed by atoms with E-state index in [9.17, 15) is 9.59 Å². The molecule has 144 valence electrons. The average Bonchev–Trinajstić information content (AvgIpc) is 3.39. The summed E-state index contributed by atoms with van der Waals surface area (Å²) >= 11 is 0. The lowest BCUT2D eigenvalue weighted by atomic mass is 9.93. The fourth-order valence-corrected chi connectivity index (χ4v) is 3.46. The van der Waals surface area contributed by atoms with Crippen molar-refractivity contribution in [2.45, 2.75) is 64.1 Å². The summed E-state index contributed by atoms with van der Waals surface area (Å²) in [6, 6.07) is 3.74. The van der Waals surface area contributed by atoms with E-state index in [4.69, 9.17) is 4.42 Å². The first kappa shape index (κ1) is 19.1. The highest BCUT2D eigenvalue weighted by Gasteiger charge is 2.42. The molecule has 1 aliphatic carbocycles. The van der Waals surface area contributed by atoms with Gasteiger partial charge in [0.05, 0.1) is 19.0 Å². The van der Waals surface area contributed by atoms with E-state index < -0.39 is 5.54 Å². The first-order valence-electron chi connectivity index (χ1n) is 9.46. The highest BCUT2D eigenvalue weighted by molar-refractivity contribution is 5.97. The molecule has 1 saturated carbocycles. The van der Waals surface area contributed by atoms with Crippen LogP contribution in [0.15, 0.2) is 41.4 Å². The topological polar surface area (TPSA) is 88.3 Å². The number of rotatable bonds is 7. The fourth-order valence-electron chi connectivity index (χ4n) is 3.46. The fraction of sp³-hybridized carbons (Fsp3) is 0.500. The minimum absolute atomic E-state index is 0.138. The van der Waals surface area contributed by atoms with Gasteiger partial charge in [-0.25, -0.2) is 4.98 Å². The number of carbonyl (C=O) groups excluding carboxylic acids is 2. The summed E-state index contributed by atoms with van der Waals surface area (Å²) in [5, 5.41) is 3.14. The van der Waals surface area contributed by atoms with Crippen molar-refractivity contribution in [3.8, 4) is 0 Å². The Kier molecular flexibility index (Phi) is 5.88. The Hall–Kier alpha value is -2.70. The number of furan rings is 1. The van der Waals surface area contributed by atoms with E-state index >= 15 is 0 Å². The molecule has 0 aromatic carbocycles. The zero-order valence-electron chi connectivity index (χ0n) is 15.9. The second kappa shape index (κ2) is 8.33. The lowest BCUT2D eigenvalue weighted by Gasteiger charge is -2.39. The van der Waals surface area contributed by atoms with Crippen LogP contribution in [0.25, 0.3) is 0 Å². The molecule has 1 N–H and O–H groups in total. The molecule has 2 aromatic heterocycles. The number of hydrogen-bond donors (Lipinski definition) is 1. The van der Waals surface area contributed by atoms with E-state index in [-0.39, 0.29) is 30.1 Å². The lowest BCUT2D eigenvalue weighted by Crippen LogP contribution is -2.59. The molecule has 1 aliphatic rings.